The first kappa shape index (κ1) is 16.5. The van der Waals surface area contributed by atoms with Gasteiger partial charge in [0, 0.05) is 23.3 Å². The molecule has 7 nitrogen and oxygen atoms in total. The van der Waals surface area contributed by atoms with Crippen LogP contribution in [0, 0.1) is 10.1 Å². The second kappa shape index (κ2) is 6.72. The SMILES string of the molecule is O=C(Nc1ccccc1-c1nc2ccccc2[nH]1)c1cccc([N+](=O)[O-])c1. The number of imidazole rings is 1. The van der Waals surface area contributed by atoms with Crippen molar-refractivity contribution in [3.63, 3.8) is 0 Å². The second-order valence-electron chi connectivity index (χ2n) is 5.91. The number of carbonyl (C=O) groups is 1. The summed E-state index contributed by atoms with van der Waals surface area (Å²) in [5, 5.41) is 13.7. The zero-order chi connectivity index (χ0) is 18.8. The number of H-pyrrole nitrogens is 1. The minimum atomic E-state index is -0.529. The van der Waals surface area contributed by atoms with Gasteiger partial charge in [-0.3, -0.25) is 14.9 Å². The van der Waals surface area contributed by atoms with E-state index in [9.17, 15) is 14.9 Å². The Balaban J connectivity index is 1.68. The van der Waals surface area contributed by atoms with Crippen molar-refractivity contribution in [3.05, 3.63) is 88.5 Å². The molecule has 7 heteroatoms. The predicted octanol–water partition coefficient (Wildman–Crippen LogP) is 4.39. The van der Waals surface area contributed by atoms with E-state index in [1.807, 2.05) is 36.4 Å². The molecular weight excluding hydrogens is 344 g/mol. The summed E-state index contributed by atoms with van der Waals surface area (Å²) in [6, 6.07) is 20.5. The molecule has 0 saturated heterocycles. The number of benzene rings is 3. The maximum absolute atomic E-state index is 12.6. The van der Waals surface area contributed by atoms with Crippen LogP contribution in [0.15, 0.2) is 72.8 Å². The fraction of sp³-hybridized carbons (Fsp3) is 0. The van der Waals surface area contributed by atoms with Crippen molar-refractivity contribution in [1.29, 1.82) is 0 Å². The molecule has 27 heavy (non-hydrogen) atoms. The van der Waals surface area contributed by atoms with Crippen LogP contribution < -0.4 is 5.32 Å². The summed E-state index contributed by atoms with van der Waals surface area (Å²) in [7, 11) is 0. The Hall–Kier alpha value is -4.00. The molecule has 2 N–H and O–H groups in total. The van der Waals surface area contributed by atoms with Crippen LogP contribution >= 0.6 is 0 Å². The van der Waals surface area contributed by atoms with Crippen LogP contribution in [0.3, 0.4) is 0 Å². The average molecular weight is 358 g/mol. The summed E-state index contributed by atoms with van der Waals surface area (Å²) in [6.45, 7) is 0. The van der Waals surface area contributed by atoms with Gasteiger partial charge >= 0.3 is 0 Å². The van der Waals surface area contributed by atoms with Crippen LogP contribution in [0.1, 0.15) is 10.4 Å². The van der Waals surface area contributed by atoms with Crippen molar-refractivity contribution in [2.75, 3.05) is 5.32 Å². The Bertz CT molecular complexity index is 1130. The molecule has 0 saturated carbocycles. The van der Waals surface area contributed by atoms with E-state index in [-0.39, 0.29) is 11.3 Å². The lowest BCUT2D eigenvalue weighted by atomic mass is 10.1. The number of nitrogens with zero attached hydrogens (tertiary/aromatic N) is 2. The summed E-state index contributed by atoms with van der Waals surface area (Å²) in [5.74, 6) is 0.202. The van der Waals surface area contributed by atoms with Crippen LogP contribution in [-0.4, -0.2) is 20.8 Å². The van der Waals surface area contributed by atoms with Gasteiger partial charge in [-0.05, 0) is 30.3 Å². The average Bonchev–Trinajstić information content (AvgIpc) is 3.12. The van der Waals surface area contributed by atoms with E-state index >= 15 is 0 Å². The Morgan fingerprint density at radius 1 is 1.00 bits per heavy atom. The van der Waals surface area contributed by atoms with E-state index in [0.29, 0.717) is 11.5 Å². The highest BCUT2D eigenvalue weighted by Gasteiger charge is 2.15. The molecule has 0 radical (unpaired) electrons. The summed E-state index contributed by atoms with van der Waals surface area (Å²) in [6.07, 6.45) is 0. The van der Waals surface area contributed by atoms with Gasteiger partial charge < -0.3 is 10.3 Å². The molecule has 0 aliphatic heterocycles. The number of anilines is 1. The number of carbonyl (C=O) groups excluding carboxylic acids is 1. The molecule has 0 aliphatic rings. The molecule has 132 valence electrons. The molecule has 0 fully saturated rings. The molecule has 1 aromatic heterocycles. The van der Waals surface area contributed by atoms with Crippen molar-refractivity contribution in [3.8, 4) is 11.4 Å². The Kier molecular flexibility index (Phi) is 4.10. The number of nitro groups is 1. The van der Waals surface area contributed by atoms with Gasteiger partial charge in [-0.25, -0.2) is 4.98 Å². The molecule has 4 rings (SSSR count). The van der Waals surface area contributed by atoms with Gasteiger partial charge in [0.05, 0.1) is 21.6 Å². The normalized spacial score (nSPS) is 10.7. The largest absolute Gasteiger partial charge is 0.338 e. The van der Waals surface area contributed by atoms with E-state index in [4.69, 9.17) is 0 Å². The van der Waals surface area contributed by atoms with Crippen molar-refractivity contribution < 1.29 is 9.72 Å². The third-order valence-corrected chi connectivity index (χ3v) is 4.14. The molecule has 0 atom stereocenters. The lowest BCUT2D eigenvalue weighted by molar-refractivity contribution is -0.384. The van der Waals surface area contributed by atoms with Gasteiger partial charge in [0.2, 0.25) is 0 Å². The molecule has 1 heterocycles. The number of fused-ring (bicyclic) bond motifs is 1. The predicted molar refractivity (Wildman–Crippen MR) is 103 cm³/mol. The van der Waals surface area contributed by atoms with Crippen LogP contribution in [0.5, 0.6) is 0 Å². The molecule has 0 bridgehead atoms. The molecule has 3 aromatic carbocycles. The van der Waals surface area contributed by atoms with E-state index in [0.717, 1.165) is 16.6 Å². The molecule has 0 unspecified atom stereocenters. The highest BCUT2D eigenvalue weighted by atomic mass is 16.6. The summed E-state index contributed by atoms with van der Waals surface area (Å²) >= 11 is 0. The van der Waals surface area contributed by atoms with Gasteiger partial charge in [0.1, 0.15) is 5.82 Å². The van der Waals surface area contributed by atoms with Gasteiger partial charge in [0.15, 0.2) is 0 Å². The molecular formula is C20H14N4O3. The topological polar surface area (TPSA) is 101 Å². The third-order valence-electron chi connectivity index (χ3n) is 4.14. The van der Waals surface area contributed by atoms with Crippen molar-refractivity contribution in [1.82, 2.24) is 9.97 Å². The maximum atomic E-state index is 12.6. The monoisotopic (exact) mass is 358 g/mol. The van der Waals surface area contributed by atoms with E-state index in [2.05, 4.69) is 15.3 Å². The quantitative estimate of drug-likeness (QED) is 0.417. The number of nitro benzene ring substituents is 1. The van der Waals surface area contributed by atoms with Crippen LogP contribution in [-0.2, 0) is 0 Å². The number of nitrogens with one attached hydrogen (secondary N) is 2. The Labute approximate surface area is 153 Å². The molecule has 4 aromatic rings. The highest BCUT2D eigenvalue weighted by Crippen LogP contribution is 2.28. The number of amides is 1. The third kappa shape index (κ3) is 3.25. The van der Waals surface area contributed by atoms with E-state index in [1.54, 1.807) is 12.1 Å². The maximum Gasteiger partial charge on any atom is 0.270 e. The molecule has 0 aliphatic carbocycles. The number of hydrogen-bond donors (Lipinski definition) is 2. The first-order valence-electron chi connectivity index (χ1n) is 8.22. The summed E-state index contributed by atoms with van der Waals surface area (Å²) < 4.78 is 0. The van der Waals surface area contributed by atoms with E-state index < -0.39 is 10.8 Å². The number of non-ortho nitro benzene ring substituents is 1. The standard InChI is InChI=1S/C20H14N4O3/c25-20(13-6-5-7-14(12-13)24(26)27)23-16-9-2-1-8-15(16)19-21-17-10-3-4-11-18(17)22-19/h1-12H,(H,21,22)(H,23,25). The first-order chi connectivity index (χ1) is 13.1. The van der Waals surface area contributed by atoms with Gasteiger partial charge in [-0.1, -0.05) is 30.3 Å². The lowest BCUT2D eigenvalue weighted by Crippen LogP contribution is -2.13. The minimum absolute atomic E-state index is 0.131. The van der Waals surface area contributed by atoms with Crippen LogP contribution in [0.25, 0.3) is 22.4 Å². The number of rotatable bonds is 4. The van der Waals surface area contributed by atoms with Gasteiger partial charge in [-0.15, -0.1) is 0 Å². The lowest BCUT2D eigenvalue weighted by Gasteiger charge is -2.09. The minimum Gasteiger partial charge on any atom is -0.338 e. The second-order valence-corrected chi connectivity index (χ2v) is 5.91. The van der Waals surface area contributed by atoms with Crippen LogP contribution in [0.4, 0.5) is 11.4 Å². The zero-order valence-corrected chi connectivity index (χ0v) is 14.0. The number of aromatic amines is 1. The van der Waals surface area contributed by atoms with Crippen molar-refractivity contribution >= 4 is 28.3 Å². The highest BCUT2D eigenvalue weighted by molar-refractivity contribution is 6.06. The molecule has 0 spiro atoms. The number of hydrogen-bond acceptors (Lipinski definition) is 4. The summed E-state index contributed by atoms with van der Waals surface area (Å²) in [5.41, 5.74) is 3.09. The number of para-hydroxylation sites is 3. The zero-order valence-electron chi connectivity index (χ0n) is 14.0. The molecule has 1 amide bonds. The van der Waals surface area contributed by atoms with Crippen molar-refractivity contribution in [2.24, 2.45) is 0 Å². The van der Waals surface area contributed by atoms with Crippen molar-refractivity contribution in [2.45, 2.75) is 0 Å². The fourth-order valence-corrected chi connectivity index (χ4v) is 2.83. The fourth-order valence-electron chi connectivity index (χ4n) is 2.83. The number of aromatic nitrogens is 2. The smallest absolute Gasteiger partial charge is 0.270 e. The van der Waals surface area contributed by atoms with Gasteiger partial charge in [0.25, 0.3) is 11.6 Å². The first-order valence-corrected chi connectivity index (χ1v) is 8.22. The Morgan fingerprint density at radius 2 is 1.78 bits per heavy atom. The summed E-state index contributed by atoms with van der Waals surface area (Å²) in [4.78, 5) is 30.8. The Morgan fingerprint density at radius 3 is 2.59 bits per heavy atom. The van der Waals surface area contributed by atoms with Gasteiger partial charge in [-0.2, -0.15) is 0 Å². The van der Waals surface area contributed by atoms with Crippen LogP contribution in [0.2, 0.25) is 0 Å². The van der Waals surface area contributed by atoms with E-state index in [1.165, 1.54) is 24.3 Å².